The molecule has 0 atom stereocenters. The van der Waals surface area contributed by atoms with E-state index in [2.05, 4.69) is 20.8 Å². The standard InChI is InChI=1S/C28H20Cl3N5O3S/c1-15-11-23-24(35-36(34-23)17-4-8-26(38-2)21(31)13-17)14-22(15)32-28(40)33-27(37)10-6-18-5-9-25(39-18)19-7-3-16(29)12-20(19)30/h3-14H,1-2H3,(H2,32,33,37,40)/b10-6+. The molecule has 0 unspecified atom stereocenters. The monoisotopic (exact) mass is 611 g/mol. The number of halogens is 3. The average molecular weight is 613 g/mol. The third kappa shape index (κ3) is 6.13. The number of fused-ring (bicyclic) bond motifs is 1. The zero-order valence-electron chi connectivity index (χ0n) is 21.0. The second-order valence-electron chi connectivity index (χ2n) is 8.57. The number of hydrogen-bond donors (Lipinski definition) is 2. The molecule has 0 fully saturated rings. The number of furan rings is 1. The number of amides is 1. The Hall–Kier alpha value is -3.89. The fourth-order valence-electron chi connectivity index (χ4n) is 3.84. The summed E-state index contributed by atoms with van der Waals surface area (Å²) in [5, 5.41) is 16.3. The summed E-state index contributed by atoms with van der Waals surface area (Å²) < 4.78 is 11.0. The van der Waals surface area contributed by atoms with Gasteiger partial charge in [-0.2, -0.15) is 4.80 Å². The van der Waals surface area contributed by atoms with E-state index in [0.29, 0.717) is 60.3 Å². The molecule has 2 heterocycles. The summed E-state index contributed by atoms with van der Waals surface area (Å²) in [6.07, 6.45) is 2.86. The number of rotatable bonds is 6. The molecule has 0 aliphatic rings. The molecular formula is C28H20Cl3N5O3S. The van der Waals surface area contributed by atoms with Gasteiger partial charge in [0.1, 0.15) is 28.3 Å². The van der Waals surface area contributed by atoms with E-state index in [1.165, 1.54) is 16.9 Å². The maximum absolute atomic E-state index is 12.5. The lowest BCUT2D eigenvalue weighted by atomic mass is 10.2. The Labute approximate surface area is 249 Å². The molecule has 0 bridgehead atoms. The number of nitrogens with zero attached hydrogens (tertiary/aromatic N) is 3. The van der Waals surface area contributed by atoms with Crippen LogP contribution in [0.3, 0.4) is 0 Å². The van der Waals surface area contributed by atoms with Crippen molar-refractivity contribution in [2.45, 2.75) is 6.92 Å². The summed E-state index contributed by atoms with van der Waals surface area (Å²) in [5.74, 6) is 1.15. The van der Waals surface area contributed by atoms with Crippen molar-refractivity contribution in [1.82, 2.24) is 20.3 Å². The Balaban J connectivity index is 1.24. The van der Waals surface area contributed by atoms with Gasteiger partial charge in [0.2, 0.25) is 5.91 Å². The number of benzene rings is 3. The Bertz CT molecular complexity index is 1800. The molecule has 8 nitrogen and oxygen atoms in total. The molecule has 0 radical (unpaired) electrons. The van der Waals surface area contributed by atoms with Crippen molar-refractivity contribution in [3.8, 4) is 22.8 Å². The number of aryl methyl sites for hydroxylation is 1. The lowest BCUT2D eigenvalue weighted by Gasteiger charge is -2.10. The molecule has 40 heavy (non-hydrogen) atoms. The van der Waals surface area contributed by atoms with Gasteiger partial charge in [0.05, 0.1) is 22.8 Å². The molecule has 12 heteroatoms. The molecule has 2 N–H and O–H groups in total. The van der Waals surface area contributed by atoms with Crippen LogP contribution in [0.25, 0.3) is 34.1 Å². The second-order valence-corrected chi connectivity index (χ2v) is 10.2. The molecular weight excluding hydrogens is 593 g/mol. The van der Waals surface area contributed by atoms with Crippen LogP contribution in [-0.4, -0.2) is 33.1 Å². The van der Waals surface area contributed by atoms with Crippen LogP contribution in [0, 0.1) is 6.92 Å². The molecule has 2 aromatic heterocycles. The van der Waals surface area contributed by atoms with E-state index in [-0.39, 0.29) is 5.11 Å². The minimum Gasteiger partial charge on any atom is -0.495 e. The van der Waals surface area contributed by atoms with Gasteiger partial charge in [-0.1, -0.05) is 34.8 Å². The van der Waals surface area contributed by atoms with Crippen LogP contribution in [0.2, 0.25) is 15.1 Å². The Morgan fingerprint density at radius 1 is 1.00 bits per heavy atom. The molecule has 0 spiro atoms. The molecule has 0 saturated heterocycles. The van der Waals surface area contributed by atoms with E-state index in [4.69, 9.17) is 56.2 Å². The number of carbonyl (C=O) groups is 1. The summed E-state index contributed by atoms with van der Waals surface area (Å²) >= 11 is 23.8. The van der Waals surface area contributed by atoms with Gasteiger partial charge in [0.25, 0.3) is 0 Å². The van der Waals surface area contributed by atoms with E-state index in [9.17, 15) is 4.79 Å². The highest BCUT2D eigenvalue weighted by atomic mass is 35.5. The number of thiocarbonyl (C=S) groups is 1. The SMILES string of the molecule is COc1ccc(-n2nc3cc(C)c(NC(=S)NC(=O)/C=C/c4ccc(-c5ccc(Cl)cc5Cl)o4)cc3n2)cc1Cl. The number of hydrogen-bond acceptors (Lipinski definition) is 6. The second kappa shape index (κ2) is 11.7. The maximum atomic E-state index is 12.5. The first-order valence-corrected chi connectivity index (χ1v) is 13.3. The van der Waals surface area contributed by atoms with Crippen LogP contribution < -0.4 is 15.4 Å². The molecule has 3 aromatic carbocycles. The fourth-order valence-corrected chi connectivity index (χ4v) is 4.80. The third-order valence-electron chi connectivity index (χ3n) is 5.80. The highest BCUT2D eigenvalue weighted by Gasteiger charge is 2.12. The normalized spacial score (nSPS) is 11.2. The summed E-state index contributed by atoms with van der Waals surface area (Å²) in [6, 6.07) is 17.6. The first kappa shape index (κ1) is 27.7. The van der Waals surface area contributed by atoms with Crippen LogP contribution in [-0.2, 0) is 4.79 Å². The van der Waals surface area contributed by atoms with E-state index >= 15 is 0 Å². The minimum absolute atomic E-state index is 0.125. The summed E-state index contributed by atoms with van der Waals surface area (Å²) in [7, 11) is 1.55. The topological polar surface area (TPSA) is 94.2 Å². The fraction of sp³-hybridized carbons (Fsp3) is 0.0714. The van der Waals surface area contributed by atoms with E-state index in [0.717, 1.165) is 5.56 Å². The number of methoxy groups -OCH3 is 1. The summed E-state index contributed by atoms with van der Waals surface area (Å²) in [5.41, 5.74) is 4.24. The highest BCUT2D eigenvalue weighted by molar-refractivity contribution is 7.80. The summed E-state index contributed by atoms with van der Waals surface area (Å²) in [4.78, 5) is 14.0. The lowest BCUT2D eigenvalue weighted by Crippen LogP contribution is -2.33. The summed E-state index contributed by atoms with van der Waals surface area (Å²) in [6.45, 7) is 1.90. The van der Waals surface area contributed by atoms with E-state index in [1.807, 2.05) is 19.1 Å². The Morgan fingerprint density at radius 3 is 2.50 bits per heavy atom. The van der Waals surface area contributed by atoms with Crippen molar-refractivity contribution >= 4 is 80.8 Å². The van der Waals surface area contributed by atoms with Crippen molar-refractivity contribution in [2.24, 2.45) is 0 Å². The molecule has 202 valence electrons. The number of nitrogens with one attached hydrogen (secondary N) is 2. The third-order valence-corrected chi connectivity index (χ3v) is 6.85. The highest BCUT2D eigenvalue weighted by Crippen LogP contribution is 2.32. The number of aromatic nitrogens is 3. The first-order valence-electron chi connectivity index (χ1n) is 11.8. The smallest absolute Gasteiger partial charge is 0.250 e. The van der Waals surface area contributed by atoms with Gasteiger partial charge in [-0.25, -0.2) is 0 Å². The number of anilines is 1. The van der Waals surface area contributed by atoms with Crippen LogP contribution in [0.4, 0.5) is 5.69 Å². The van der Waals surface area contributed by atoms with Gasteiger partial charge in [0, 0.05) is 22.3 Å². The average Bonchev–Trinajstić information content (AvgIpc) is 3.54. The maximum Gasteiger partial charge on any atom is 0.250 e. The first-order chi connectivity index (χ1) is 19.2. The van der Waals surface area contributed by atoms with Gasteiger partial charge >= 0.3 is 0 Å². The van der Waals surface area contributed by atoms with Crippen molar-refractivity contribution in [2.75, 3.05) is 12.4 Å². The van der Waals surface area contributed by atoms with E-state index < -0.39 is 5.91 Å². The molecule has 0 aliphatic heterocycles. The number of carbonyl (C=O) groups excluding carboxylic acids is 1. The predicted molar refractivity (Wildman–Crippen MR) is 163 cm³/mol. The quantitative estimate of drug-likeness (QED) is 0.152. The van der Waals surface area contributed by atoms with Crippen molar-refractivity contribution in [3.63, 3.8) is 0 Å². The van der Waals surface area contributed by atoms with Gasteiger partial charge in [-0.05, 0) is 91.4 Å². The van der Waals surface area contributed by atoms with Crippen molar-refractivity contribution in [3.05, 3.63) is 93.1 Å². The van der Waals surface area contributed by atoms with Crippen molar-refractivity contribution < 1.29 is 13.9 Å². The molecule has 1 amide bonds. The lowest BCUT2D eigenvalue weighted by molar-refractivity contribution is -0.115. The van der Waals surface area contributed by atoms with Crippen molar-refractivity contribution in [1.29, 1.82) is 0 Å². The number of ether oxygens (including phenoxy) is 1. The van der Waals surface area contributed by atoms with Crippen LogP contribution >= 0.6 is 47.0 Å². The Morgan fingerprint density at radius 2 is 1.77 bits per heavy atom. The van der Waals surface area contributed by atoms with Crippen LogP contribution in [0.1, 0.15) is 11.3 Å². The molecule has 5 aromatic rings. The Kier molecular flexibility index (Phi) is 8.09. The van der Waals surface area contributed by atoms with E-state index in [1.54, 1.807) is 55.6 Å². The van der Waals surface area contributed by atoms with Gasteiger partial charge in [-0.15, -0.1) is 10.2 Å². The largest absolute Gasteiger partial charge is 0.495 e. The predicted octanol–water partition coefficient (Wildman–Crippen LogP) is 7.48. The van der Waals surface area contributed by atoms with Gasteiger partial charge in [-0.3, -0.25) is 10.1 Å². The zero-order chi connectivity index (χ0) is 28.4. The molecule has 5 rings (SSSR count). The minimum atomic E-state index is -0.430. The molecule has 0 saturated carbocycles. The zero-order valence-corrected chi connectivity index (χ0v) is 24.1. The van der Waals surface area contributed by atoms with Gasteiger partial charge < -0.3 is 14.5 Å². The van der Waals surface area contributed by atoms with Crippen LogP contribution in [0.15, 0.2) is 71.2 Å². The van der Waals surface area contributed by atoms with Crippen LogP contribution in [0.5, 0.6) is 5.75 Å². The molecule has 0 aliphatic carbocycles. The van der Waals surface area contributed by atoms with Gasteiger partial charge in [0.15, 0.2) is 5.11 Å².